The van der Waals surface area contributed by atoms with Crippen LogP contribution in [0.5, 0.6) is 0 Å². The van der Waals surface area contributed by atoms with Crippen molar-refractivity contribution in [1.29, 1.82) is 5.26 Å². The van der Waals surface area contributed by atoms with Gasteiger partial charge in [-0.1, -0.05) is 0 Å². The Morgan fingerprint density at radius 1 is 1.24 bits per heavy atom. The molecule has 1 heterocycles. The summed E-state index contributed by atoms with van der Waals surface area (Å²) in [6.07, 6.45) is 1.32. The van der Waals surface area contributed by atoms with Gasteiger partial charge in [0.2, 0.25) is 5.95 Å². The minimum absolute atomic E-state index is 0.268. The molecule has 0 aliphatic heterocycles. The number of nitriles is 1. The normalized spacial score (nSPS) is 10.0. The maximum absolute atomic E-state index is 13.3. The summed E-state index contributed by atoms with van der Waals surface area (Å²) < 4.78 is 26.0. The Bertz CT molecular complexity index is 598. The first-order chi connectivity index (χ1) is 8.11. The third-order valence-electron chi connectivity index (χ3n) is 2.53. The zero-order valence-electron chi connectivity index (χ0n) is 9.04. The number of halogens is 2. The lowest BCUT2D eigenvalue weighted by atomic mass is 9.98. The van der Waals surface area contributed by atoms with Crippen LogP contribution in [0.25, 0.3) is 11.1 Å². The highest BCUT2D eigenvalue weighted by Crippen LogP contribution is 2.26. The molecule has 0 atom stereocenters. The van der Waals surface area contributed by atoms with Crippen molar-refractivity contribution in [1.82, 2.24) is 4.98 Å². The van der Waals surface area contributed by atoms with Gasteiger partial charge in [-0.25, -0.2) is 9.37 Å². The van der Waals surface area contributed by atoms with E-state index in [1.165, 1.54) is 30.5 Å². The first-order valence-electron chi connectivity index (χ1n) is 4.94. The molecule has 0 saturated heterocycles. The Morgan fingerprint density at radius 2 is 2.00 bits per heavy atom. The second kappa shape index (κ2) is 4.30. The third kappa shape index (κ3) is 2.13. The number of rotatable bonds is 1. The fourth-order valence-electron chi connectivity index (χ4n) is 1.63. The minimum atomic E-state index is -0.594. The van der Waals surface area contributed by atoms with E-state index < -0.39 is 11.8 Å². The zero-order valence-corrected chi connectivity index (χ0v) is 9.04. The van der Waals surface area contributed by atoms with Crippen LogP contribution in [0.15, 0.2) is 30.5 Å². The van der Waals surface area contributed by atoms with E-state index in [1.807, 2.05) is 6.07 Å². The molecule has 0 aliphatic carbocycles. The van der Waals surface area contributed by atoms with Gasteiger partial charge in [-0.2, -0.15) is 9.65 Å². The average molecular weight is 230 g/mol. The number of hydrogen-bond donors (Lipinski definition) is 0. The predicted molar refractivity (Wildman–Crippen MR) is 59.0 cm³/mol. The van der Waals surface area contributed by atoms with Gasteiger partial charge in [0.25, 0.3) is 0 Å². The lowest BCUT2D eigenvalue weighted by Crippen LogP contribution is -1.92. The zero-order chi connectivity index (χ0) is 12.4. The van der Waals surface area contributed by atoms with E-state index in [4.69, 9.17) is 5.26 Å². The van der Waals surface area contributed by atoms with E-state index in [2.05, 4.69) is 4.98 Å². The van der Waals surface area contributed by atoms with Crippen LogP contribution in [0, 0.1) is 30.0 Å². The van der Waals surface area contributed by atoms with Crippen molar-refractivity contribution >= 4 is 0 Å². The van der Waals surface area contributed by atoms with Crippen molar-refractivity contribution in [3.63, 3.8) is 0 Å². The number of aromatic nitrogens is 1. The summed E-state index contributed by atoms with van der Waals surface area (Å²) in [6.45, 7) is 1.72. The van der Waals surface area contributed by atoms with E-state index in [0.29, 0.717) is 16.7 Å². The summed E-state index contributed by atoms with van der Waals surface area (Å²) in [5.74, 6) is -1.09. The summed E-state index contributed by atoms with van der Waals surface area (Å²) in [5, 5.41) is 8.87. The van der Waals surface area contributed by atoms with Crippen molar-refractivity contribution in [2.75, 3.05) is 0 Å². The van der Waals surface area contributed by atoms with Crippen molar-refractivity contribution < 1.29 is 8.78 Å². The highest BCUT2D eigenvalue weighted by Gasteiger charge is 2.09. The predicted octanol–water partition coefficient (Wildman–Crippen LogP) is 3.21. The Kier molecular flexibility index (Phi) is 2.84. The molecule has 0 amide bonds. The summed E-state index contributed by atoms with van der Waals surface area (Å²) in [5.41, 5.74) is 2.06. The lowest BCUT2D eigenvalue weighted by molar-refractivity contribution is 0.584. The molecule has 2 nitrogen and oxygen atoms in total. The molecule has 0 saturated carbocycles. The van der Waals surface area contributed by atoms with Gasteiger partial charge in [0.1, 0.15) is 5.82 Å². The number of hydrogen-bond acceptors (Lipinski definition) is 2. The Balaban J connectivity index is 2.63. The highest BCUT2D eigenvalue weighted by molar-refractivity contribution is 5.69. The number of pyridine rings is 1. The van der Waals surface area contributed by atoms with Crippen molar-refractivity contribution in [3.8, 4) is 17.2 Å². The van der Waals surface area contributed by atoms with Gasteiger partial charge in [0.05, 0.1) is 11.6 Å². The van der Waals surface area contributed by atoms with Crippen LogP contribution in [0.3, 0.4) is 0 Å². The van der Waals surface area contributed by atoms with Crippen LogP contribution in [0.4, 0.5) is 8.78 Å². The molecular formula is C13H8F2N2. The SMILES string of the molecule is Cc1c(C#N)cc(F)cc1-c1ccc(F)nc1. The molecule has 0 N–H and O–H groups in total. The van der Waals surface area contributed by atoms with Crippen LogP contribution in [0.2, 0.25) is 0 Å². The molecule has 1 aromatic heterocycles. The standard InChI is InChI=1S/C13H8F2N2/c1-8-10(6-16)4-11(14)5-12(8)9-2-3-13(15)17-7-9/h2-5,7H,1H3. The third-order valence-corrected chi connectivity index (χ3v) is 2.53. The Labute approximate surface area is 97.2 Å². The summed E-state index contributed by atoms with van der Waals surface area (Å²) in [6, 6.07) is 7.12. The molecule has 0 fully saturated rings. The van der Waals surface area contributed by atoms with E-state index in [-0.39, 0.29) is 5.56 Å². The topological polar surface area (TPSA) is 36.7 Å². The molecule has 0 radical (unpaired) electrons. The number of nitrogens with zero attached hydrogens (tertiary/aromatic N) is 2. The van der Waals surface area contributed by atoms with Crippen molar-refractivity contribution in [2.45, 2.75) is 6.92 Å². The van der Waals surface area contributed by atoms with Gasteiger partial charge < -0.3 is 0 Å². The van der Waals surface area contributed by atoms with Crippen LogP contribution >= 0.6 is 0 Å². The van der Waals surface area contributed by atoms with Gasteiger partial charge in [0.15, 0.2) is 0 Å². The van der Waals surface area contributed by atoms with Gasteiger partial charge in [-0.05, 0) is 42.3 Å². The van der Waals surface area contributed by atoms with Crippen molar-refractivity contribution in [2.24, 2.45) is 0 Å². The molecular weight excluding hydrogens is 222 g/mol. The Morgan fingerprint density at radius 3 is 2.59 bits per heavy atom. The Hall–Kier alpha value is -2.28. The maximum Gasteiger partial charge on any atom is 0.212 e. The molecule has 0 spiro atoms. The van der Waals surface area contributed by atoms with Crippen LogP contribution in [-0.4, -0.2) is 4.98 Å². The van der Waals surface area contributed by atoms with E-state index in [1.54, 1.807) is 6.92 Å². The number of benzene rings is 1. The molecule has 2 aromatic rings. The van der Waals surface area contributed by atoms with E-state index in [9.17, 15) is 8.78 Å². The molecule has 1 aromatic carbocycles. The molecule has 0 bridgehead atoms. The summed E-state index contributed by atoms with van der Waals surface area (Å²) in [7, 11) is 0. The average Bonchev–Trinajstić information content (AvgIpc) is 2.33. The fraction of sp³-hybridized carbons (Fsp3) is 0.0769. The van der Waals surface area contributed by atoms with Crippen LogP contribution < -0.4 is 0 Å². The van der Waals surface area contributed by atoms with Crippen LogP contribution in [-0.2, 0) is 0 Å². The quantitative estimate of drug-likeness (QED) is 0.705. The van der Waals surface area contributed by atoms with E-state index in [0.717, 1.165) is 0 Å². The molecule has 0 unspecified atom stereocenters. The monoisotopic (exact) mass is 230 g/mol. The van der Waals surface area contributed by atoms with Gasteiger partial charge in [-0.3, -0.25) is 0 Å². The summed E-state index contributed by atoms with van der Waals surface area (Å²) in [4.78, 5) is 3.51. The second-order valence-electron chi connectivity index (χ2n) is 3.61. The largest absolute Gasteiger partial charge is 0.228 e. The maximum atomic E-state index is 13.3. The van der Waals surface area contributed by atoms with Crippen molar-refractivity contribution in [3.05, 3.63) is 53.4 Å². The minimum Gasteiger partial charge on any atom is -0.228 e. The van der Waals surface area contributed by atoms with E-state index >= 15 is 0 Å². The molecule has 2 rings (SSSR count). The lowest BCUT2D eigenvalue weighted by Gasteiger charge is -2.07. The van der Waals surface area contributed by atoms with Crippen LogP contribution in [0.1, 0.15) is 11.1 Å². The fourth-order valence-corrected chi connectivity index (χ4v) is 1.63. The molecule has 17 heavy (non-hydrogen) atoms. The van der Waals surface area contributed by atoms with Gasteiger partial charge in [0, 0.05) is 11.8 Å². The molecule has 4 heteroatoms. The van der Waals surface area contributed by atoms with Gasteiger partial charge >= 0.3 is 0 Å². The molecule has 84 valence electrons. The second-order valence-corrected chi connectivity index (χ2v) is 3.61. The first-order valence-corrected chi connectivity index (χ1v) is 4.94. The molecule has 0 aliphatic rings. The first kappa shape index (κ1) is 11.2. The highest BCUT2D eigenvalue weighted by atomic mass is 19.1. The van der Waals surface area contributed by atoms with Gasteiger partial charge in [-0.15, -0.1) is 0 Å². The smallest absolute Gasteiger partial charge is 0.212 e. The summed E-state index contributed by atoms with van der Waals surface area (Å²) >= 11 is 0.